The Morgan fingerprint density at radius 3 is 2.79 bits per heavy atom. The number of esters is 1. The summed E-state index contributed by atoms with van der Waals surface area (Å²) in [5.41, 5.74) is 0. The summed E-state index contributed by atoms with van der Waals surface area (Å²) in [6.07, 6.45) is 0. The number of hydrogen-bond donors (Lipinski definition) is 0. The molecule has 1 aliphatic heterocycles. The first-order valence-electron chi connectivity index (χ1n) is 3.98. The van der Waals surface area contributed by atoms with Crippen LogP contribution in [0.2, 0.25) is 0 Å². The van der Waals surface area contributed by atoms with E-state index < -0.39 is 24.3 Å². The van der Waals surface area contributed by atoms with Crippen molar-refractivity contribution in [2.75, 3.05) is 26.5 Å². The predicted molar refractivity (Wildman–Crippen MR) is 43.7 cm³/mol. The van der Waals surface area contributed by atoms with Gasteiger partial charge >= 0.3 is 11.9 Å². The number of nitrogens with zero attached hydrogens (tertiary/aromatic N) is 1. The maximum Gasteiger partial charge on any atom is 0.397 e. The first-order valence-corrected chi connectivity index (χ1v) is 3.98. The lowest BCUT2D eigenvalue weighted by Crippen LogP contribution is -2.35. The van der Waals surface area contributed by atoms with E-state index in [2.05, 4.69) is 11.3 Å². The third-order valence-electron chi connectivity index (χ3n) is 1.57. The van der Waals surface area contributed by atoms with Crippen LogP contribution < -0.4 is 0 Å². The summed E-state index contributed by atoms with van der Waals surface area (Å²) < 4.78 is 21.3. The van der Waals surface area contributed by atoms with Gasteiger partial charge in [0.15, 0.2) is 0 Å². The summed E-state index contributed by atoms with van der Waals surface area (Å²) in [7, 11) is 0. The Morgan fingerprint density at radius 2 is 2.29 bits per heavy atom. The van der Waals surface area contributed by atoms with E-state index in [0.717, 1.165) is 0 Å². The normalized spacial score (nSPS) is 15.4. The molecule has 1 heterocycles. The third kappa shape index (κ3) is 2.81. The van der Waals surface area contributed by atoms with Gasteiger partial charge in [0.2, 0.25) is 0 Å². The van der Waals surface area contributed by atoms with Gasteiger partial charge < -0.3 is 14.4 Å². The highest BCUT2D eigenvalue weighted by atomic mass is 19.1. The number of ether oxygens (including phenoxy) is 2. The topological polar surface area (TPSA) is 55.8 Å². The average Bonchev–Trinajstić information content (AvgIpc) is 2.65. The highest BCUT2D eigenvalue weighted by Gasteiger charge is 2.26. The molecule has 0 radical (unpaired) electrons. The Labute approximate surface area is 80.1 Å². The highest BCUT2D eigenvalue weighted by Crippen LogP contribution is 2.01. The van der Waals surface area contributed by atoms with Crippen LogP contribution in [0.3, 0.4) is 0 Å². The Kier molecular flexibility index (Phi) is 3.58. The lowest BCUT2D eigenvalue weighted by Gasteiger charge is -2.11. The second-order valence-electron chi connectivity index (χ2n) is 2.70. The number of hydrogen-bond acceptors (Lipinski definition) is 4. The zero-order chi connectivity index (χ0) is 10.6. The maximum absolute atomic E-state index is 12.1. The zero-order valence-electron chi connectivity index (χ0n) is 7.49. The van der Waals surface area contributed by atoms with Gasteiger partial charge in [0.25, 0.3) is 0 Å². The van der Waals surface area contributed by atoms with Crippen LogP contribution in [0.25, 0.3) is 0 Å². The molecular weight excluding hydrogens is 193 g/mol. The molecule has 1 amide bonds. The second-order valence-corrected chi connectivity index (χ2v) is 2.70. The standard InChI is InChI=1S/C8H10FNO4/c1-6(9)4-14-8(12)7(11)10-2-3-13-5-10/h1-5H2. The molecule has 0 aromatic rings. The van der Waals surface area contributed by atoms with E-state index in [1.807, 2.05) is 0 Å². The molecule has 1 rings (SSSR count). The van der Waals surface area contributed by atoms with Crippen molar-refractivity contribution in [2.24, 2.45) is 0 Å². The molecule has 0 spiro atoms. The van der Waals surface area contributed by atoms with Crippen molar-refractivity contribution in [2.45, 2.75) is 0 Å². The van der Waals surface area contributed by atoms with Gasteiger partial charge in [-0.2, -0.15) is 0 Å². The lowest BCUT2D eigenvalue weighted by molar-refractivity contribution is -0.160. The predicted octanol–water partition coefficient (Wildman–Crippen LogP) is -0.171. The molecule has 0 aromatic carbocycles. The van der Waals surface area contributed by atoms with Gasteiger partial charge in [0.1, 0.15) is 19.2 Å². The van der Waals surface area contributed by atoms with Crippen molar-refractivity contribution in [1.29, 1.82) is 0 Å². The highest BCUT2D eigenvalue weighted by molar-refractivity contribution is 6.32. The number of carbonyl (C=O) groups is 2. The second kappa shape index (κ2) is 4.71. The summed E-state index contributed by atoms with van der Waals surface area (Å²) in [5.74, 6) is -2.71. The molecule has 0 N–H and O–H groups in total. The Balaban J connectivity index is 2.36. The van der Waals surface area contributed by atoms with Gasteiger partial charge in [-0.15, -0.1) is 0 Å². The molecule has 14 heavy (non-hydrogen) atoms. The van der Waals surface area contributed by atoms with Crippen molar-refractivity contribution >= 4 is 11.9 Å². The molecule has 0 aliphatic carbocycles. The Bertz CT molecular complexity index is 260. The number of rotatable bonds is 2. The molecule has 1 fully saturated rings. The van der Waals surface area contributed by atoms with Crippen LogP contribution >= 0.6 is 0 Å². The van der Waals surface area contributed by atoms with Crippen LogP contribution in [-0.4, -0.2) is 43.3 Å². The van der Waals surface area contributed by atoms with Crippen LogP contribution in [0, 0.1) is 0 Å². The molecule has 0 saturated carbocycles. The summed E-state index contributed by atoms with van der Waals surface area (Å²) in [4.78, 5) is 23.3. The van der Waals surface area contributed by atoms with E-state index in [9.17, 15) is 14.0 Å². The fraction of sp³-hybridized carbons (Fsp3) is 0.500. The van der Waals surface area contributed by atoms with E-state index in [0.29, 0.717) is 13.2 Å². The van der Waals surface area contributed by atoms with Gasteiger partial charge in [0, 0.05) is 6.54 Å². The Morgan fingerprint density at radius 1 is 1.57 bits per heavy atom. The van der Waals surface area contributed by atoms with Crippen LogP contribution in [0.15, 0.2) is 12.4 Å². The molecule has 78 valence electrons. The minimum atomic E-state index is -1.09. The Hall–Kier alpha value is -1.43. The van der Waals surface area contributed by atoms with Crippen molar-refractivity contribution in [3.05, 3.63) is 12.4 Å². The minimum absolute atomic E-state index is 0.0739. The summed E-state index contributed by atoms with van der Waals surface area (Å²) in [6.45, 7) is 3.13. The summed E-state index contributed by atoms with van der Waals surface area (Å²) in [5, 5.41) is 0. The fourth-order valence-corrected chi connectivity index (χ4v) is 0.909. The minimum Gasteiger partial charge on any atom is -0.451 e. The summed E-state index contributed by atoms with van der Waals surface area (Å²) in [6, 6.07) is 0. The smallest absolute Gasteiger partial charge is 0.397 e. The third-order valence-corrected chi connectivity index (χ3v) is 1.57. The number of halogens is 1. The monoisotopic (exact) mass is 203 g/mol. The largest absolute Gasteiger partial charge is 0.451 e. The van der Waals surface area contributed by atoms with Gasteiger partial charge in [0.05, 0.1) is 6.61 Å². The first-order chi connectivity index (χ1) is 6.61. The molecule has 0 bridgehead atoms. The van der Waals surface area contributed by atoms with Crippen molar-refractivity contribution in [1.82, 2.24) is 4.90 Å². The quantitative estimate of drug-likeness (QED) is 0.462. The molecule has 6 heteroatoms. The van der Waals surface area contributed by atoms with Gasteiger partial charge in [-0.1, -0.05) is 6.58 Å². The lowest BCUT2D eigenvalue weighted by atomic mass is 10.5. The van der Waals surface area contributed by atoms with Crippen LogP contribution in [0.4, 0.5) is 4.39 Å². The van der Waals surface area contributed by atoms with E-state index in [-0.39, 0.29) is 6.73 Å². The van der Waals surface area contributed by atoms with Crippen molar-refractivity contribution < 1.29 is 23.5 Å². The molecule has 0 atom stereocenters. The molecule has 1 aliphatic rings. The summed E-state index contributed by atoms with van der Waals surface area (Å²) >= 11 is 0. The number of carbonyl (C=O) groups excluding carboxylic acids is 2. The molecule has 1 saturated heterocycles. The number of amides is 1. The SMILES string of the molecule is C=C(F)COC(=O)C(=O)N1CCOC1. The fourth-order valence-electron chi connectivity index (χ4n) is 0.909. The van der Waals surface area contributed by atoms with E-state index in [1.165, 1.54) is 4.90 Å². The van der Waals surface area contributed by atoms with E-state index in [4.69, 9.17) is 4.74 Å². The van der Waals surface area contributed by atoms with E-state index >= 15 is 0 Å². The van der Waals surface area contributed by atoms with Crippen LogP contribution in [0.5, 0.6) is 0 Å². The molecule has 0 aromatic heterocycles. The van der Waals surface area contributed by atoms with Crippen molar-refractivity contribution in [3.8, 4) is 0 Å². The molecule has 0 unspecified atom stereocenters. The molecule has 5 nitrogen and oxygen atoms in total. The van der Waals surface area contributed by atoms with Gasteiger partial charge in [-0.05, 0) is 0 Å². The zero-order valence-corrected chi connectivity index (χ0v) is 7.49. The average molecular weight is 203 g/mol. The van der Waals surface area contributed by atoms with Gasteiger partial charge in [-0.25, -0.2) is 9.18 Å². The molecular formula is C8H10FNO4. The van der Waals surface area contributed by atoms with E-state index in [1.54, 1.807) is 0 Å². The van der Waals surface area contributed by atoms with Crippen LogP contribution in [0.1, 0.15) is 0 Å². The van der Waals surface area contributed by atoms with Crippen LogP contribution in [-0.2, 0) is 19.1 Å². The van der Waals surface area contributed by atoms with Gasteiger partial charge in [-0.3, -0.25) is 4.79 Å². The maximum atomic E-state index is 12.1. The first kappa shape index (κ1) is 10.6. The van der Waals surface area contributed by atoms with Crippen molar-refractivity contribution in [3.63, 3.8) is 0 Å².